The van der Waals surface area contributed by atoms with E-state index in [1.54, 1.807) is 0 Å². The molecule has 0 aromatic heterocycles. The van der Waals surface area contributed by atoms with Crippen molar-refractivity contribution in [1.82, 2.24) is 0 Å². The Balaban J connectivity index is 1.38. The van der Waals surface area contributed by atoms with E-state index in [9.17, 15) is 0 Å². The van der Waals surface area contributed by atoms with E-state index in [2.05, 4.69) is 229 Å². The van der Waals surface area contributed by atoms with Crippen molar-refractivity contribution in [2.24, 2.45) is 0 Å². The van der Waals surface area contributed by atoms with E-state index in [1.165, 1.54) is 43.0 Å². The summed E-state index contributed by atoms with van der Waals surface area (Å²) < 4.78 is 0. The third-order valence-electron chi connectivity index (χ3n) is 9.62. The highest BCUT2D eigenvalue weighted by Crippen LogP contribution is 2.46. The standard InChI is InChI=1S/C48H37NSi/c1-7-20-38(21-8-1)46-32-19-33-47(39-22-9-2-10-23-39)48(46)49(40-24-11-3-12-25-40)41-34-36-45(37-35-41)50(42-26-13-4-14-27-42,43-28-15-5-16-29-43)44-30-17-6-18-31-44/h1-37H. The van der Waals surface area contributed by atoms with E-state index in [1.807, 2.05) is 0 Å². The molecule has 0 radical (unpaired) electrons. The number of nitrogens with zero attached hydrogens (tertiary/aromatic N) is 1. The fourth-order valence-electron chi connectivity index (χ4n) is 7.40. The zero-order valence-corrected chi connectivity index (χ0v) is 28.8. The Morgan fingerprint density at radius 3 is 0.980 bits per heavy atom. The summed E-state index contributed by atoms with van der Waals surface area (Å²) in [6.07, 6.45) is 0. The van der Waals surface area contributed by atoms with Gasteiger partial charge in [-0.3, -0.25) is 0 Å². The lowest BCUT2D eigenvalue weighted by Gasteiger charge is -2.35. The molecule has 0 aliphatic heterocycles. The van der Waals surface area contributed by atoms with Gasteiger partial charge in [0.15, 0.2) is 8.07 Å². The Morgan fingerprint density at radius 1 is 0.260 bits per heavy atom. The lowest BCUT2D eigenvalue weighted by Crippen LogP contribution is -2.74. The van der Waals surface area contributed by atoms with Crippen LogP contribution in [0.1, 0.15) is 0 Å². The molecule has 0 atom stereocenters. The summed E-state index contributed by atoms with van der Waals surface area (Å²) in [5.74, 6) is 0. The van der Waals surface area contributed by atoms with Crippen molar-refractivity contribution in [1.29, 1.82) is 0 Å². The molecule has 0 heterocycles. The second kappa shape index (κ2) is 14.1. The van der Waals surface area contributed by atoms with Crippen LogP contribution in [0, 0.1) is 0 Å². The monoisotopic (exact) mass is 655 g/mol. The molecular formula is C48H37NSi. The van der Waals surface area contributed by atoms with Gasteiger partial charge in [-0.25, -0.2) is 0 Å². The van der Waals surface area contributed by atoms with Gasteiger partial charge in [-0.15, -0.1) is 0 Å². The molecule has 8 aromatic carbocycles. The average molecular weight is 656 g/mol. The number of rotatable bonds is 9. The second-order valence-electron chi connectivity index (χ2n) is 12.5. The molecule has 0 fully saturated rings. The van der Waals surface area contributed by atoms with Gasteiger partial charge in [-0.05, 0) is 56.1 Å². The lowest BCUT2D eigenvalue weighted by molar-refractivity contribution is 1.28. The van der Waals surface area contributed by atoms with Crippen molar-refractivity contribution >= 4 is 45.9 Å². The van der Waals surface area contributed by atoms with E-state index in [0.29, 0.717) is 0 Å². The molecule has 0 aliphatic rings. The first-order valence-electron chi connectivity index (χ1n) is 17.2. The third-order valence-corrected chi connectivity index (χ3v) is 14.4. The molecule has 0 amide bonds. The molecule has 50 heavy (non-hydrogen) atoms. The zero-order chi connectivity index (χ0) is 33.6. The molecule has 0 saturated carbocycles. The largest absolute Gasteiger partial charge is 0.309 e. The van der Waals surface area contributed by atoms with Crippen molar-refractivity contribution in [2.75, 3.05) is 4.90 Å². The summed E-state index contributed by atoms with van der Waals surface area (Å²) in [6, 6.07) is 81.7. The highest BCUT2D eigenvalue weighted by molar-refractivity contribution is 7.19. The van der Waals surface area contributed by atoms with Crippen molar-refractivity contribution in [2.45, 2.75) is 0 Å². The van der Waals surface area contributed by atoms with Crippen LogP contribution in [0.2, 0.25) is 0 Å². The molecule has 0 saturated heterocycles. The van der Waals surface area contributed by atoms with Crippen LogP contribution in [-0.4, -0.2) is 8.07 Å². The van der Waals surface area contributed by atoms with E-state index in [4.69, 9.17) is 0 Å². The first-order chi connectivity index (χ1) is 24.8. The summed E-state index contributed by atoms with van der Waals surface area (Å²) in [4.78, 5) is 2.44. The zero-order valence-electron chi connectivity index (χ0n) is 27.8. The molecule has 2 heteroatoms. The quantitative estimate of drug-likeness (QED) is 0.111. The average Bonchev–Trinajstić information content (AvgIpc) is 3.21. The Hall–Kier alpha value is -6.22. The number of para-hydroxylation sites is 2. The maximum Gasteiger partial charge on any atom is 0.179 e. The van der Waals surface area contributed by atoms with Gasteiger partial charge in [0.1, 0.15) is 0 Å². The van der Waals surface area contributed by atoms with Crippen LogP contribution in [0.25, 0.3) is 22.3 Å². The minimum atomic E-state index is -2.66. The van der Waals surface area contributed by atoms with Crippen molar-refractivity contribution < 1.29 is 0 Å². The number of anilines is 3. The van der Waals surface area contributed by atoms with Crippen LogP contribution < -0.4 is 25.6 Å². The topological polar surface area (TPSA) is 3.24 Å². The lowest BCUT2D eigenvalue weighted by atomic mass is 9.94. The smallest absolute Gasteiger partial charge is 0.179 e. The third kappa shape index (κ3) is 5.76. The Bertz CT molecular complexity index is 2120. The fourth-order valence-corrected chi connectivity index (χ4v) is 12.1. The first-order valence-corrected chi connectivity index (χ1v) is 19.2. The molecular weight excluding hydrogens is 619 g/mol. The van der Waals surface area contributed by atoms with Crippen LogP contribution in [0.3, 0.4) is 0 Å². The van der Waals surface area contributed by atoms with Gasteiger partial charge in [0.05, 0.1) is 5.69 Å². The predicted molar refractivity (Wildman–Crippen MR) is 216 cm³/mol. The SMILES string of the molecule is c1ccc(-c2cccc(-c3ccccc3)c2N(c2ccccc2)c2ccc([Si](c3ccccc3)(c3ccccc3)c3ccccc3)cc2)cc1. The molecule has 8 rings (SSSR count). The molecule has 0 bridgehead atoms. The molecule has 1 nitrogen and oxygen atoms in total. The van der Waals surface area contributed by atoms with Gasteiger partial charge >= 0.3 is 0 Å². The first kappa shape index (κ1) is 31.1. The van der Waals surface area contributed by atoms with Gasteiger partial charge < -0.3 is 4.90 Å². The van der Waals surface area contributed by atoms with E-state index in [0.717, 1.165) is 17.1 Å². The van der Waals surface area contributed by atoms with Crippen LogP contribution in [-0.2, 0) is 0 Å². The van der Waals surface area contributed by atoms with Crippen molar-refractivity contribution in [3.05, 3.63) is 224 Å². The van der Waals surface area contributed by atoms with Crippen LogP contribution >= 0.6 is 0 Å². The molecule has 238 valence electrons. The highest BCUT2D eigenvalue weighted by atomic mass is 28.3. The Kier molecular flexibility index (Phi) is 8.76. The van der Waals surface area contributed by atoms with Gasteiger partial charge in [-0.2, -0.15) is 0 Å². The van der Waals surface area contributed by atoms with Gasteiger partial charge in [0.25, 0.3) is 0 Å². The van der Waals surface area contributed by atoms with Crippen molar-refractivity contribution in [3.8, 4) is 22.3 Å². The minimum absolute atomic E-state index is 1.11. The molecule has 8 aromatic rings. The molecule has 0 spiro atoms. The van der Waals surface area contributed by atoms with Crippen LogP contribution in [0.15, 0.2) is 224 Å². The van der Waals surface area contributed by atoms with Crippen molar-refractivity contribution in [3.63, 3.8) is 0 Å². The van der Waals surface area contributed by atoms with Gasteiger partial charge in [0.2, 0.25) is 0 Å². The summed E-state index contributed by atoms with van der Waals surface area (Å²) in [5.41, 5.74) is 8.10. The minimum Gasteiger partial charge on any atom is -0.309 e. The fraction of sp³-hybridized carbons (Fsp3) is 0. The maximum atomic E-state index is 2.44. The summed E-state index contributed by atoms with van der Waals surface area (Å²) >= 11 is 0. The second-order valence-corrected chi connectivity index (χ2v) is 16.3. The normalized spacial score (nSPS) is 11.2. The summed E-state index contributed by atoms with van der Waals surface area (Å²) in [5, 5.41) is 5.44. The molecule has 0 unspecified atom stereocenters. The van der Waals surface area contributed by atoms with Crippen LogP contribution in [0.5, 0.6) is 0 Å². The van der Waals surface area contributed by atoms with Gasteiger partial charge in [-0.1, -0.05) is 200 Å². The van der Waals surface area contributed by atoms with Crippen LogP contribution in [0.4, 0.5) is 17.1 Å². The van der Waals surface area contributed by atoms with E-state index < -0.39 is 8.07 Å². The highest BCUT2D eigenvalue weighted by Gasteiger charge is 2.41. The van der Waals surface area contributed by atoms with Gasteiger partial charge in [0, 0.05) is 22.5 Å². The summed E-state index contributed by atoms with van der Waals surface area (Å²) in [6.45, 7) is 0. The van der Waals surface area contributed by atoms with E-state index in [-0.39, 0.29) is 0 Å². The number of benzene rings is 8. The predicted octanol–water partition coefficient (Wildman–Crippen LogP) is 9.87. The Morgan fingerprint density at radius 2 is 0.580 bits per heavy atom. The molecule has 0 aliphatic carbocycles. The maximum absolute atomic E-state index is 2.66. The number of hydrogen-bond donors (Lipinski definition) is 0. The Labute approximate surface area is 296 Å². The molecule has 0 N–H and O–H groups in total. The number of hydrogen-bond acceptors (Lipinski definition) is 1. The summed E-state index contributed by atoms with van der Waals surface area (Å²) in [7, 11) is -2.66. The van der Waals surface area contributed by atoms with E-state index >= 15 is 0 Å².